The topological polar surface area (TPSA) is 185 Å². The lowest BCUT2D eigenvalue weighted by Crippen LogP contribution is -2.04. The minimum atomic E-state index is 0.313. The number of nitrogens with zero attached hydrogens (tertiary/aromatic N) is 14. The second-order valence-corrected chi connectivity index (χ2v) is 24.8. The Balaban J connectivity index is 1.04. The quantitative estimate of drug-likeness (QED) is 0.115. The van der Waals surface area contributed by atoms with E-state index < -0.39 is 0 Å². The van der Waals surface area contributed by atoms with Gasteiger partial charge in [-0.2, -0.15) is 26.3 Å². The molecule has 0 atom stereocenters. The maximum atomic E-state index is 10.2. The molecular formula is C90H44N14. The highest BCUT2D eigenvalue weighted by atomic mass is 15.0. The van der Waals surface area contributed by atoms with E-state index in [4.69, 9.17) is 41.2 Å². The summed E-state index contributed by atoms with van der Waals surface area (Å²) in [5.74, 6) is 1.31. The summed E-state index contributed by atoms with van der Waals surface area (Å²) in [6.45, 7) is 32.2. The Kier molecular flexibility index (Phi) is 15.7. The molecule has 16 rings (SSSR count). The van der Waals surface area contributed by atoms with Gasteiger partial charge in [-0.25, -0.2) is 34.3 Å². The van der Waals surface area contributed by atoms with Crippen LogP contribution in [-0.2, 0) is 0 Å². The highest BCUT2D eigenvalue weighted by Gasteiger charge is 2.26. The Morgan fingerprint density at radius 1 is 0.240 bits per heavy atom. The molecule has 104 heavy (non-hydrogen) atoms. The van der Waals surface area contributed by atoms with E-state index in [9.17, 15) is 26.3 Å². The first-order valence-corrected chi connectivity index (χ1v) is 32.6. The Labute approximate surface area is 596 Å². The molecule has 3 heterocycles. The Bertz CT molecular complexity index is 6340. The lowest BCUT2D eigenvalue weighted by Gasteiger charge is -2.21. The maximum absolute atomic E-state index is 10.2. The summed E-state index contributed by atoms with van der Waals surface area (Å²) in [5, 5.41) is 54.4. The number of hydrogen-bond acceptors (Lipinski definition) is 8. The monoisotopic (exact) mass is 1320 g/mol. The normalized spacial score (nSPS) is 10.8. The fourth-order valence-electron chi connectivity index (χ4n) is 13.8. The zero-order chi connectivity index (χ0) is 71.1. The average molecular weight is 1320 g/mol. The molecule has 14 nitrogen and oxygen atoms in total. The van der Waals surface area contributed by atoms with E-state index in [2.05, 4.69) is 113 Å². The van der Waals surface area contributed by atoms with Crippen LogP contribution in [0, 0.1) is 82.9 Å². The van der Waals surface area contributed by atoms with Crippen molar-refractivity contribution in [3.8, 4) is 143 Å². The van der Waals surface area contributed by atoms with Crippen molar-refractivity contribution < 1.29 is 0 Å². The van der Waals surface area contributed by atoms with Gasteiger partial charge in [0.25, 0.3) is 0 Å². The molecular weight excluding hydrogens is 1280 g/mol. The Morgan fingerprint density at radius 2 is 0.529 bits per heavy atom. The van der Waals surface area contributed by atoms with Crippen LogP contribution in [0.25, 0.3) is 175 Å². The molecule has 0 saturated carbocycles. The van der Waals surface area contributed by atoms with E-state index >= 15 is 0 Å². The van der Waals surface area contributed by atoms with Crippen molar-refractivity contribution in [2.75, 3.05) is 0 Å². The molecule has 0 amide bonds. The summed E-state index contributed by atoms with van der Waals surface area (Å²) in [6.07, 6.45) is 0. The standard InChI is InChI=1S/C90H44N14/c1-96-72-17-11-16-61(39-72)62-18-24-82(103-84-26-20-65(70-34-57(52-94)37-74(41-70)98-3)46-79(84)80-47-66(21-27-85(80)103)71-35-58(53-95)38-75(42-71)99-4)76(43-62)81-48-67(90-101-88(59-12-7-5-8-13-59)100-89(102-90)60-14-9-6-10-15-60)23-29-87(81)104-83-25-19-63(68-31-54(49-91)30-55(32-68)50-92)44-77(83)78-45-64(22-28-86(78)104)69-33-56(51-93)36-73(40-69)97-2/h5-48H. The summed E-state index contributed by atoms with van der Waals surface area (Å²) >= 11 is 0. The molecule has 14 heteroatoms. The fourth-order valence-corrected chi connectivity index (χ4v) is 13.8. The van der Waals surface area contributed by atoms with Crippen LogP contribution in [0.15, 0.2) is 267 Å². The van der Waals surface area contributed by atoms with Crippen molar-refractivity contribution in [1.82, 2.24) is 24.1 Å². The smallest absolute Gasteiger partial charge is 0.189 e. The van der Waals surface area contributed by atoms with Gasteiger partial charge >= 0.3 is 0 Å². The molecule has 0 N–H and O–H groups in total. The lowest BCUT2D eigenvalue weighted by atomic mass is 9.94. The molecule has 0 aliphatic rings. The average Bonchev–Trinajstić information content (AvgIpc) is 1.58. The van der Waals surface area contributed by atoms with E-state index in [-0.39, 0.29) is 0 Å². The van der Waals surface area contributed by atoms with Crippen molar-refractivity contribution in [3.05, 3.63) is 340 Å². The first kappa shape index (κ1) is 62.7. The molecule has 0 spiro atoms. The zero-order valence-corrected chi connectivity index (χ0v) is 54.7. The summed E-state index contributed by atoms with van der Waals surface area (Å²) in [5.41, 5.74) is 18.5. The van der Waals surface area contributed by atoms with Gasteiger partial charge in [0.05, 0.1) is 101 Å². The van der Waals surface area contributed by atoms with E-state index in [1.807, 2.05) is 133 Å². The fraction of sp³-hybridized carbons (Fsp3) is 0. The third kappa shape index (κ3) is 11.3. The molecule has 474 valence electrons. The van der Waals surface area contributed by atoms with Gasteiger partial charge in [0.1, 0.15) is 0 Å². The third-order valence-electron chi connectivity index (χ3n) is 18.6. The summed E-state index contributed by atoms with van der Waals surface area (Å²) in [4.78, 5) is 30.7. The van der Waals surface area contributed by atoms with E-state index in [0.717, 1.165) is 105 Å². The van der Waals surface area contributed by atoms with Crippen molar-refractivity contribution >= 4 is 66.4 Å². The van der Waals surface area contributed by atoms with Crippen LogP contribution in [-0.4, -0.2) is 24.1 Å². The van der Waals surface area contributed by atoms with Crippen molar-refractivity contribution in [2.45, 2.75) is 0 Å². The van der Waals surface area contributed by atoms with Crippen LogP contribution in [0.5, 0.6) is 0 Å². The van der Waals surface area contributed by atoms with Gasteiger partial charge < -0.3 is 9.13 Å². The zero-order valence-electron chi connectivity index (χ0n) is 54.7. The number of nitriles is 5. The molecule has 3 aromatic heterocycles. The minimum absolute atomic E-state index is 0.313. The molecule has 0 fully saturated rings. The van der Waals surface area contributed by atoms with Crippen LogP contribution in [0.2, 0.25) is 0 Å². The number of hydrogen-bond donors (Lipinski definition) is 0. The largest absolute Gasteiger partial charge is 0.309 e. The van der Waals surface area contributed by atoms with Crippen molar-refractivity contribution in [1.29, 1.82) is 26.3 Å². The first-order valence-electron chi connectivity index (χ1n) is 32.6. The number of benzene rings is 13. The molecule has 0 saturated heterocycles. The summed E-state index contributed by atoms with van der Waals surface area (Å²) in [6, 6.07) is 95.6. The highest BCUT2D eigenvalue weighted by molar-refractivity contribution is 6.14. The molecule has 13 aromatic carbocycles. The second-order valence-electron chi connectivity index (χ2n) is 24.8. The summed E-state index contributed by atoms with van der Waals surface area (Å²) < 4.78 is 4.44. The van der Waals surface area contributed by atoms with Gasteiger partial charge in [0.15, 0.2) is 40.2 Å². The van der Waals surface area contributed by atoms with Gasteiger partial charge in [-0.15, -0.1) is 0 Å². The second kappa shape index (κ2) is 26.0. The summed E-state index contributed by atoms with van der Waals surface area (Å²) in [7, 11) is 0. The molecule has 16 aromatic rings. The van der Waals surface area contributed by atoms with Gasteiger partial charge in [-0.05, 0) is 213 Å². The maximum Gasteiger partial charge on any atom is 0.189 e. The van der Waals surface area contributed by atoms with Crippen LogP contribution in [0.1, 0.15) is 27.8 Å². The number of fused-ring (bicyclic) bond motifs is 6. The van der Waals surface area contributed by atoms with Crippen LogP contribution in [0.4, 0.5) is 22.7 Å². The van der Waals surface area contributed by atoms with Gasteiger partial charge in [0.2, 0.25) is 0 Å². The first-order chi connectivity index (χ1) is 51.0. The molecule has 0 bridgehead atoms. The van der Waals surface area contributed by atoms with Crippen molar-refractivity contribution in [2.24, 2.45) is 0 Å². The molecule has 0 unspecified atom stereocenters. The SMILES string of the molecule is [C-]#[N+]c1cccc(-c2ccc(-n3c4ccc(-c5cc(C#N)cc([N+]#[C-])c5)cc4c4cc(-c5cc(C#N)cc([N+]#[C-])c5)ccc43)c(-c3cc(-c4nc(-c5ccccc5)nc(-c5ccccc5)n4)ccc3-n3c4ccc(-c5cc(C#N)cc(C#N)c5)cc4c4cc(-c5cc(C#N)cc([N+]#[C-])c5)ccc43)c2)c1. The highest BCUT2D eigenvalue weighted by Crippen LogP contribution is 2.47. The molecule has 0 aliphatic carbocycles. The predicted octanol–water partition coefficient (Wildman–Crippen LogP) is 22.6. The molecule has 0 radical (unpaired) electrons. The van der Waals surface area contributed by atoms with E-state index in [0.29, 0.717) is 101 Å². The van der Waals surface area contributed by atoms with Crippen LogP contribution < -0.4 is 0 Å². The third-order valence-corrected chi connectivity index (χ3v) is 18.6. The minimum Gasteiger partial charge on any atom is -0.309 e. The predicted molar refractivity (Wildman–Crippen MR) is 406 cm³/mol. The van der Waals surface area contributed by atoms with Gasteiger partial charge in [-0.1, -0.05) is 109 Å². The van der Waals surface area contributed by atoms with Gasteiger partial charge in [-0.3, -0.25) is 0 Å². The van der Waals surface area contributed by atoms with Crippen LogP contribution >= 0.6 is 0 Å². The lowest BCUT2D eigenvalue weighted by molar-refractivity contribution is 1.07. The van der Waals surface area contributed by atoms with Gasteiger partial charge in [0, 0.05) is 66.1 Å². The number of rotatable bonds is 11. The van der Waals surface area contributed by atoms with E-state index in [1.165, 1.54) is 0 Å². The van der Waals surface area contributed by atoms with Crippen LogP contribution in [0.3, 0.4) is 0 Å². The Hall–Kier alpha value is -16.1. The Morgan fingerprint density at radius 3 is 0.894 bits per heavy atom. The van der Waals surface area contributed by atoms with Crippen molar-refractivity contribution in [3.63, 3.8) is 0 Å². The molecule has 0 aliphatic heterocycles. The number of aromatic nitrogens is 5. The van der Waals surface area contributed by atoms with E-state index in [1.54, 1.807) is 78.9 Å².